The second-order valence-electron chi connectivity index (χ2n) is 3.95. The molecule has 0 fully saturated rings. The molecule has 13 heavy (non-hydrogen) atoms. The molecule has 0 aromatic carbocycles. The van der Waals surface area contributed by atoms with Crippen molar-refractivity contribution < 1.29 is 0 Å². The summed E-state index contributed by atoms with van der Waals surface area (Å²) in [4.78, 5) is 0. The topological polar surface area (TPSA) is 0 Å². The Kier molecular flexibility index (Phi) is 3.53. The third-order valence-electron chi connectivity index (χ3n) is 2.76. The Labute approximate surface area is 82.0 Å². The van der Waals surface area contributed by atoms with Gasteiger partial charge in [0.2, 0.25) is 0 Å². The summed E-state index contributed by atoms with van der Waals surface area (Å²) in [6, 6.07) is 0. The van der Waals surface area contributed by atoms with E-state index in [0.29, 0.717) is 5.41 Å². The zero-order chi connectivity index (χ0) is 9.73. The summed E-state index contributed by atoms with van der Waals surface area (Å²) in [5, 5.41) is 0. The minimum Gasteiger partial charge on any atom is -0.0879 e. The molecule has 0 amide bonds. The Morgan fingerprint density at radius 1 is 1.46 bits per heavy atom. The van der Waals surface area contributed by atoms with Crippen LogP contribution in [0.4, 0.5) is 0 Å². The lowest BCUT2D eigenvalue weighted by atomic mass is 9.76. The first kappa shape index (κ1) is 10.3. The van der Waals surface area contributed by atoms with Crippen LogP contribution in [0, 0.1) is 5.41 Å². The van der Waals surface area contributed by atoms with Gasteiger partial charge in [0.05, 0.1) is 0 Å². The van der Waals surface area contributed by atoms with E-state index in [2.05, 4.69) is 51.2 Å². The van der Waals surface area contributed by atoms with Crippen molar-refractivity contribution in [2.75, 3.05) is 0 Å². The summed E-state index contributed by atoms with van der Waals surface area (Å²) in [7, 11) is 0. The van der Waals surface area contributed by atoms with Gasteiger partial charge in [-0.15, -0.1) is 0 Å². The van der Waals surface area contributed by atoms with Gasteiger partial charge in [-0.2, -0.15) is 0 Å². The minimum atomic E-state index is 0.314. The van der Waals surface area contributed by atoms with E-state index >= 15 is 0 Å². The molecule has 0 heteroatoms. The van der Waals surface area contributed by atoms with Gasteiger partial charge in [-0.25, -0.2) is 0 Å². The highest BCUT2D eigenvalue weighted by Crippen LogP contribution is 2.36. The molecule has 0 N–H and O–H groups in total. The first-order valence-electron chi connectivity index (χ1n) is 5.25. The molecule has 1 rings (SSSR count). The van der Waals surface area contributed by atoms with E-state index in [1.807, 2.05) is 0 Å². The van der Waals surface area contributed by atoms with Crippen LogP contribution in [0.1, 0.15) is 40.0 Å². The highest BCUT2D eigenvalue weighted by molar-refractivity contribution is 5.26. The Hall–Kier alpha value is -0.780. The van der Waals surface area contributed by atoms with Gasteiger partial charge >= 0.3 is 0 Å². The van der Waals surface area contributed by atoms with Crippen molar-refractivity contribution in [3.05, 3.63) is 36.0 Å². The molecule has 1 aliphatic carbocycles. The van der Waals surface area contributed by atoms with Crippen molar-refractivity contribution in [3.63, 3.8) is 0 Å². The maximum Gasteiger partial charge on any atom is 0.00985 e. The van der Waals surface area contributed by atoms with Gasteiger partial charge in [-0.3, -0.25) is 0 Å². The molecule has 0 saturated carbocycles. The first-order chi connectivity index (χ1) is 6.22. The van der Waals surface area contributed by atoms with Crippen molar-refractivity contribution >= 4 is 0 Å². The molecule has 0 aromatic heterocycles. The van der Waals surface area contributed by atoms with Crippen LogP contribution in [0.2, 0.25) is 0 Å². The van der Waals surface area contributed by atoms with Gasteiger partial charge in [0.25, 0.3) is 0 Å². The summed E-state index contributed by atoms with van der Waals surface area (Å²) in [6.45, 7) is 6.67. The standard InChI is InChI=1S/C13H20/c1-4-6-9-13(5-2)10-7-8-12(3)11-13/h6-10H,4-5,11H2,1-3H3. The number of rotatable bonds is 3. The van der Waals surface area contributed by atoms with E-state index in [1.165, 1.54) is 18.4 Å². The average molecular weight is 176 g/mol. The summed E-state index contributed by atoms with van der Waals surface area (Å²) >= 11 is 0. The Morgan fingerprint density at radius 3 is 2.77 bits per heavy atom. The fraction of sp³-hybridized carbons (Fsp3) is 0.538. The third-order valence-corrected chi connectivity index (χ3v) is 2.76. The van der Waals surface area contributed by atoms with Crippen LogP contribution in [0.25, 0.3) is 0 Å². The normalized spacial score (nSPS) is 28.1. The van der Waals surface area contributed by atoms with E-state index in [-0.39, 0.29) is 0 Å². The predicted molar refractivity (Wildman–Crippen MR) is 59.7 cm³/mol. The molecule has 0 bridgehead atoms. The van der Waals surface area contributed by atoms with Crippen LogP contribution in [0.15, 0.2) is 36.0 Å². The molecular formula is C13H20. The summed E-state index contributed by atoms with van der Waals surface area (Å²) < 4.78 is 0. The number of allylic oxidation sites excluding steroid dienone is 6. The van der Waals surface area contributed by atoms with Gasteiger partial charge in [0.15, 0.2) is 0 Å². The zero-order valence-corrected chi connectivity index (χ0v) is 9.01. The van der Waals surface area contributed by atoms with Gasteiger partial charge in [-0.05, 0) is 26.2 Å². The maximum absolute atomic E-state index is 2.38. The summed E-state index contributed by atoms with van der Waals surface area (Å²) in [6.07, 6.45) is 14.9. The van der Waals surface area contributed by atoms with Gasteiger partial charge in [0.1, 0.15) is 0 Å². The lowest BCUT2D eigenvalue weighted by Crippen LogP contribution is -2.16. The van der Waals surface area contributed by atoms with Crippen LogP contribution in [0.3, 0.4) is 0 Å². The van der Waals surface area contributed by atoms with Crippen LogP contribution >= 0.6 is 0 Å². The third kappa shape index (κ3) is 2.58. The van der Waals surface area contributed by atoms with Crippen molar-refractivity contribution in [2.24, 2.45) is 5.41 Å². The predicted octanol–water partition coefficient (Wildman–Crippen LogP) is 4.26. The average Bonchev–Trinajstić information content (AvgIpc) is 2.15. The smallest absolute Gasteiger partial charge is 0.00985 e. The SMILES string of the molecule is CCC=CC1(CC)C=CC=C(C)C1. The molecule has 0 aliphatic heterocycles. The quantitative estimate of drug-likeness (QED) is 0.564. The van der Waals surface area contributed by atoms with Crippen LogP contribution in [-0.2, 0) is 0 Å². The highest BCUT2D eigenvalue weighted by Gasteiger charge is 2.23. The highest BCUT2D eigenvalue weighted by atomic mass is 14.3. The molecule has 0 aromatic rings. The summed E-state index contributed by atoms with van der Waals surface area (Å²) in [5.41, 5.74) is 1.81. The molecule has 0 radical (unpaired) electrons. The van der Waals surface area contributed by atoms with Crippen LogP contribution in [-0.4, -0.2) is 0 Å². The maximum atomic E-state index is 2.38. The molecule has 0 spiro atoms. The van der Waals surface area contributed by atoms with E-state index in [0.717, 1.165) is 6.42 Å². The summed E-state index contributed by atoms with van der Waals surface area (Å²) in [5.74, 6) is 0. The lowest BCUT2D eigenvalue weighted by molar-refractivity contribution is 0.462. The van der Waals surface area contributed by atoms with Crippen LogP contribution < -0.4 is 0 Å². The fourth-order valence-corrected chi connectivity index (χ4v) is 1.87. The number of hydrogen-bond acceptors (Lipinski definition) is 0. The minimum absolute atomic E-state index is 0.314. The second-order valence-corrected chi connectivity index (χ2v) is 3.95. The number of hydrogen-bond donors (Lipinski definition) is 0. The first-order valence-corrected chi connectivity index (χ1v) is 5.25. The molecule has 1 unspecified atom stereocenters. The van der Waals surface area contributed by atoms with E-state index < -0.39 is 0 Å². The van der Waals surface area contributed by atoms with Crippen molar-refractivity contribution in [1.82, 2.24) is 0 Å². The van der Waals surface area contributed by atoms with Gasteiger partial charge in [-0.1, -0.05) is 49.8 Å². The fourth-order valence-electron chi connectivity index (χ4n) is 1.87. The molecular weight excluding hydrogens is 156 g/mol. The molecule has 72 valence electrons. The van der Waals surface area contributed by atoms with E-state index in [1.54, 1.807) is 0 Å². The van der Waals surface area contributed by atoms with Crippen LogP contribution in [0.5, 0.6) is 0 Å². The second kappa shape index (κ2) is 4.45. The Bertz CT molecular complexity index is 243. The molecule has 0 heterocycles. The van der Waals surface area contributed by atoms with E-state index in [4.69, 9.17) is 0 Å². The van der Waals surface area contributed by atoms with Crippen molar-refractivity contribution in [1.29, 1.82) is 0 Å². The molecule has 0 saturated heterocycles. The largest absolute Gasteiger partial charge is 0.0879 e. The van der Waals surface area contributed by atoms with Gasteiger partial charge in [0, 0.05) is 5.41 Å². The van der Waals surface area contributed by atoms with Gasteiger partial charge < -0.3 is 0 Å². The Balaban J connectivity index is 2.78. The molecule has 1 aliphatic rings. The van der Waals surface area contributed by atoms with Crippen molar-refractivity contribution in [2.45, 2.75) is 40.0 Å². The van der Waals surface area contributed by atoms with Crippen molar-refractivity contribution in [3.8, 4) is 0 Å². The molecule has 1 atom stereocenters. The zero-order valence-electron chi connectivity index (χ0n) is 9.01. The lowest BCUT2D eigenvalue weighted by Gasteiger charge is -2.28. The molecule has 0 nitrogen and oxygen atoms in total. The monoisotopic (exact) mass is 176 g/mol. The Morgan fingerprint density at radius 2 is 2.23 bits per heavy atom. The van der Waals surface area contributed by atoms with E-state index in [9.17, 15) is 0 Å².